The number of nitrogens with zero attached hydrogens (tertiary/aromatic N) is 3. The Morgan fingerprint density at radius 1 is 1.23 bits per heavy atom. The van der Waals surface area contributed by atoms with Crippen LogP contribution in [0.3, 0.4) is 0 Å². The molecule has 1 saturated heterocycles. The van der Waals surface area contributed by atoms with Crippen LogP contribution in [0.2, 0.25) is 0 Å². The molecule has 1 aliphatic heterocycles. The van der Waals surface area contributed by atoms with Gasteiger partial charge in [0.1, 0.15) is 5.82 Å². The quantitative estimate of drug-likeness (QED) is 0.486. The van der Waals surface area contributed by atoms with E-state index in [0.717, 1.165) is 31.3 Å². The van der Waals surface area contributed by atoms with Gasteiger partial charge in [-0.15, -0.1) is 0 Å². The zero-order valence-corrected chi connectivity index (χ0v) is 16.1. The third-order valence-corrected chi connectivity index (χ3v) is 4.28. The van der Waals surface area contributed by atoms with E-state index in [1.807, 2.05) is 26.0 Å². The molecule has 144 valence electrons. The predicted molar refractivity (Wildman–Crippen MR) is 106 cm³/mol. The average molecular weight is 361 g/mol. The molecule has 1 amide bonds. The first-order valence-electron chi connectivity index (χ1n) is 9.65. The number of guanidine groups is 1. The van der Waals surface area contributed by atoms with Gasteiger partial charge in [0.2, 0.25) is 5.91 Å². The molecule has 0 saturated carbocycles. The topological polar surface area (TPSA) is 81.7 Å². The highest BCUT2D eigenvalue weighted by Gasteiger charge is 2.09. The van der Waals surface area contributed by atoms with Crippen molar-refractivity contribution in [3.8, 4) is 0 Å². The third-order valence-electron chi connectivity index (χ3n) is 4.28. The number of aliphatic imine (C=N–C) groups is 1. The minimum Gasteiger partial charge on any atom is -0.357 e. The van der Waals surface area contributed by atoms with Crippen LogP contribution in [0.15, 0.2) is 23.2 Å². The van der Waals surface area contributed by atoms with Crippen LogP contribution < -0.4 is 16.0 Å². The molecule has 0 atom stereocenters. The summed E-state index contributed by atoms with van der Waals surface area (Å²) in [5.41, 5.74) is 0.885. The van der Waals surface area contributed by atoms with Crippen LogP contribution in [0.4, 0.5) is 5.82 Å². The SMILES string of the molecule is CCNC(=NCCN1CCCCC1)NCCC(=O)Nc1cccc(C)n1. The standard InChI is InChI=1S/C19H32N6O/c1-3-20-19(22-12-15-25-13-5-4-6-14-25)21-11-10-18(26)24-17-9-7-8-16(2)23-17/h7-9H,3-6,10-15H2,1-2H3,(H2,20,21,22)(H,23,24,26). The predicted octanol–water partition coefficient (Wildman–Crippen LogP) is 1.76. The molecule has 1 aromatic heterocycles. The first-order chi connectivity index (χ1) is 12.7. The van der Waals surface area contributed by atoms with Gasteiger partial charge in [0, 0.05) is 31.7 Å². The van der Waals surface area contributed by atoms with Crippen LogP contribution in [0.25, 0.3) is 0 Å². The van der Waals surface area contributed by atoms with Gasteiger partial charge < -0.3 is 20.9 Å². The van der Waals surface area contributed by atoms with E-state index < -0.39 is 0 Å². The van der Waals surface area contributed by atoms with Crippen LogP contribution >= 0.6 is 0 Å². The number of pyridine rings is 1. The van der Waals surface area contributed by atoms with E-state index in [0.29, 0.717) is 18.8 Å². The Morgan fingerprint density at radius 3 is 2.77 bits per heavy atom. The molecule has 1 aliphatic rings. The molecule has 0 spiro atoms. The first-order valence-corrected chi connectivity index (χ1v) is 9.65. The van der Waals surface area contributed by atoms with Gasteiger partial charge in [-0.3, -0.25) is 9.79 Å². The minimum atomic E-state index is -0.0558. The number of piperidine rings is 1. The number of anilines is 1. The van der Waals surface area contributed by atoms with Gasteiger partial charge in [-0.1, -0.05) is 12.5 Å². The minimum absolute atomic E-state index is 0.0558. The summed E-state index contributed by atoms with van der Waals surface area (Å²) < 4.78 is 0. The molecule has 1 aromatic rings. The number of hydrogen-bond donors (Lipinski definition) is 3. The zero-order valence-electron chi connectivity index (χ0n) is 16.1. The maximum absolute atomic E-state index is 12.0. The molecule has 2 rings (SSSR count). The summed E-state index contributed by atoms with van der Waals surface area (Å²) in [7, 11) is 0. The van der Waals surface area contributed by atoms with E-state index >= 15 is 0 Å². The molecule has 0 aromatic carbocycles. The summed E-state index contributed by atoms with van der Waals surface area (Å²) in [6.45, 7) is 9.42. The molecule has 2 heterocycles. The fourth-order valence-corrected chi connectivity index (χ4v) is 2.94. The van der Waals surface area contributed by atoms with Crippen LogP contribution in [0, 0.1) is 6.92 Å². The van der Waals surface area contributed by atoms with Gasteiger partial charge in [-0.2, -0.15) is 0 Å². The second-order valence-electron chi connectivity index (χ2n) is 6.55. The number of carbonyl (C=O) groups is 1. The number of carbonyl (C=O) groups excluding carboxylic acids is 1. The van der Waals surface area contributed by atoms with Gasteiger partial charge in [-0.25, -0.2) is 4.98 Å². The highest BCUT2D eigenvalue weighted by Crippen LogP contribution is 2.07. The molecule has 0 bridgehead atoms. The molecule has 3 N–H and O–H groups in total. The van der Waals surface area contributed by atoms with Crippen LogP contribution in [0.1, 0.15) is 38.3 Å². The van der Waals surface area contributed by atoms with Crippen molar-refractivity contribution in [2.45, 2.75) is 39.5 Å². The Hall–Kier alpha value is -2.15. The fraction of sp³-hybridized carbons (Fsp3) is 0.632. The number of amides is 1. The van der Waals surface area contributed by atoms with Gasteiger partial charge in [0.25, 0.3) is 0 Å². The zero-order chi connectivity index (χ0) is 18.6. The van der Waals surface area contributed by atoms with Crippen LogP contribution in [-0.2, 0) is 4.79 Å². The van der Waals surface area contributed by atoms with Crippen molar-refractivity contribution in [3.63, 3.8) is 0 Å². The summed E-state index contributed by atoms with van der Waals surface area (Å²) in [5.74, 6) is 1.31. The van der Waals surface area contributed by atoms with E-state index in [-0.39, 0.29) is 5.91 Å². The summed E-state index contributed by atoms with van der Waals surface area (Å²) in [6.07, 6.45) is 4.32. The lowest BCUT2D eigenvalue weighted by molar-refractivity contribution is -0.116. The van der Waals surface area contributed by atoms with Crippen molar-refractivity contribution in [1.82, 2.24) is 20.5 Å². The molecular weight excluding hydrogens is 328 g/mol. The molecule has 7 heteroatoms. The van der Waals surface area contributed by atoms with Gasteiger partial charge >= 0.3 is 0 Å². The number of nitrogens with one attached hydrogen (secondary N) is 3. The van der Waals surface area contributed by atoms with E-state index in [1.165, 1.54) is 32.4 Å². The number of hydrogen-bond acceptors (Lipinski definition) is 4. The molecule has 0 unspecified atom stereocenters. The van der Waals surface area contributed by atoms with E-state index in [9.17, 15) is 4.79 Å². The Labute approximate surface area is 156 Å². The van der Waals surface area contributed by atoms with Crippen molar-refractivity contribution < 1.29 is 4.79 Å². The maximum atomic E-state index is 12.0. The largest absolute Gasteiger partial charge is 0.357 e. The molecule has 0 radical (unpaired) electrons. The van der Waals surface area contributed by atoms with Gasteiger partial charge in [0.05, 0.1) is 6.54 Å². The molecular formula is C19H32N6O. The molecule has 26 heavy (non-hydrogen) atoms. The van der Waals surface area contributed by atoms with Crippen molar-refractivity contribution in [3.05, 3.63) is 23.9 Å². The Morgan fingerprint density at radius 2 is 2.04 bits per heavy atom. The van der Waals surface area contributed by atoms with Gasteiger partial charge in [0.15, 0.2) is 5.96 Å². The summed E-state index contributed by atoms with van der Waals surface area (Å²) in [6, 6.07) is 5.58. The van der Waals surface area contributed by atoms with E-state index in [4.69, 9.17) is 0 Å². The first kappa shape index (κ1) is 20.2. The molecule has 7 nitrogen and oxygen atoms in total. The highest BCUT2D eigenvalue weighted by molar-refractivity contribution is 5.90. The Kier molecular flexibility index (Phi) is 8.89. The van der Waals surface area contributed by atoms with Crippen LogP contribution in [0.5, 0.6) is 0 Å². The summed E-state index contributed by atoms with van der Waals surface area (Å²) in [5, 5.41) is 9.27. The number of aryl methyl sites for hydroxylation is 1. The normalized spacial score (nSPS) is 15.5. The fourth-order valence-electron chi connectivity index (χ4n) is 2.94. The van der Waals surface area contributed by atoms with E-state index in [2.05, 4.69) is 30.8 Å². The number of likely N-dealkylation sites (tertiary alicyclic amines) is 1. The van der Waals surface area contributed by atoms with Crippen molar-refractivity contribution in [2.24, 2.45) is 4.99 Å². The van der Waals surface area contributed by atoms with Gasteiger partial charge in [-0.05, 0) is 51.9 Å². The second-order valence-corrected chi connectivity index (χ2v) is 6.55. The average Bonchev–Trinajstić information content (AvgIpc) is 2.62. The van der Waals surface area contributed by atoms with Crippen molar-refractivity contribution in [1.29, 1.82) is 0 Å². The Bertz CT molecular complexity index is 583. The lowest BCUT2D eigenvalue weighted by atomic mass is 10.1. The van der Waals surface area contributed by atoms with Crippen molar-refractivity contribution in [2.75, 3.05) is 44.6 Å². The van der Waals surface area contributed by atoms with Crippen LogP contribution in [-0.4, -0.2) is 61.0 Å². The third kappa shape index (κ3) is 7.82. The van der Waals surface area contributed by atoms with Crippen molar-refractivity contribution >= 4 is 17.7 Å². The lowest BCUT2D eigenvalue weighted by Gasteiger charge is -2.25. The smallest absolute Gasteiger partial charge is 0.227 e. The Balaban J connectivity index is 1.69. The van der Waals surface area contributed by atoms with E-state index in [1.54, 1.807) is 6.07 Å². The maximum Gasteiger partial charge on any atom is 0.227 e. The number of rotatable bonds is 8. The monoisotopic (exact) mass is 360 g/mol. The summed E-state index contributed by atoms with van der Waals surface area (Å²) >= 11 is 0. The lowest BCUT2D eigenvalue weighted by Crippen LogP contribution is -2.39. The molecule has 1 fully saturated rings. The highest BCUT2D eigenvalue weighted by atomic mass is 16.1. The molecule has 0 aliphatic carbocycles. The number of aromatic nitrogens is 1. The second kappa shape index (κ2) is 11.5. The summed E-state index contributed by atoms with van der Waals surface area (Å²) in [4.78, 5) is 23.4.